The molecule has 1 saturated heterocycles. The Kier molecular flexibility index (Phi) is 3.09. The average Bonchev–Trinajstić information content (AvgIpc) is 3.08. The summed E-state index contributed by atoms with van der Waals surface area (Å²) < 4.78 is 1.81. The van der Waals surface area contributed by atoms with Gasteiger partial charge in [-0.2, -0.15) is 5.10 Å². The van der Waals surface area contributed by atoms with E-state index in [-0.39, 0.29) is 6.04 Å². The maximum atomic E-state index is 11.1. The predicted molar refractivity (Wildman–Crippen MR) is 73.4 cm³/mol. The minimum absolute atomic E-state index is 0.235. The van der Waals surface area contributed by atoms with Crippen LogP contribution in [-0.2, 0) is 0 Å². The summed E-state index contributed by atoms with van der Waals surface area (Å²) in [4.78, 5) is 21.8. The van der Waals surface area contributed by atoms with Gasteiger partial charge >= 0.3 is 0 Å². The van der Waals surface area contributed by atoms with Crippen molar-refractivity contribution in [2.75, 3.05) is 18.0 Å². The molecule has 3 rings (SSSR count). The van der Waals surface area contributed by atoms with E-state index in [4.69, 9.17) is 5.73 Å². The van der Waals surface area contributed by atoms with Crippen LogP contribution in [0.1, 0.15) is 28.6 Å². The molecule has 1 amide bonds. The van der Waals surface area contributed by atoms with Crippen molar-refractivity contribution in [3.63, 3.8) is 0 Å². The van der Waals surface area contributed by atoms with Crippen LogP contribution in [-0.4, -0.2) is 38.7 Å². The van der Waals surface area contributed by atoms with E-state index >= 15 is 0 Å². The summed E-state index contributed by atoms with van der Waals surface area (Å²) in [7, 11) is 0. The Morgan fingerprint density at radius 1 is 1.50 bits per heavy atom. The summed E-state index contributed by atoms with van der Waals surface area (Å²) in [5.41, 5.74) is 5.69. The van der Waals surface area contributed by atoms with Crippen molar-refractivity contribution < 1.29 is 4.79 Å². The monoisotopic (exact) mass is 272 g/mol. The van der Waals surface area contributed by atoms with Gasteiger partial charge in [0.2, 0.25) is 0 Å². The molecule has 0 aromatic carbocycles. The third-order valence-electron chi connectivity index (χ3n) is 3.51. The Morgan fingerprint density at radius 3 is 3.05 bits per heavy atom. The standard InChI is InChI=1S/C13H16N6O/c1-9-15-4-2-12(17-9)18-5-3-11(8-18)19-7-10(6-16-19)13(14)20/h2,4,6-7,11H,3,5,8H2,1H3,(H2,14,20). The van der Waals surface area contributed by atoms with Crippen LogP contribution in [0.2, 0.25) is 0 Å². The molecule has 7 heteroatoms. The van der Waals surface area contributed by atoms with Crippen LogP contribution in [0.25, 0.3) is 0 Å². The van der Waals surface area contributed by atoms with Crippen molar-refractivity contribution in [1.82, 2.24) is 19.7 Å². The van der Waals surface area contributed by atoms with Crippen molar-refractivity contribution in [2.24, 2.45) is 5.73 Å². The van der Waals surface area contributed by atoms with E-state index in [0.717, 1.165) is 31.2 Å². The molecule has 7 nitrogen and oxygen atoms in total. The minimum Gasteiger partial charge on any atom is -0.366 e. The van der Waals surface area contributed by atoms with Crippen molar-refractivity contribution >= 4 is 11.7 Å². The lowest BCUT2D eigenvalue weighted by Crippen LogP contribution is -2.22. The smallest absolute Gasteiger partial charge is 0.251 e. The number of aromatic nitrogens is 4. The van der Waals surface area contributed by atoms with E-state index in [1.54, 1.807) is 12.4 Å². The fourth-order valence-corrected chi connectivity index (χ4v) is 2.45. The Hall–Kier alpha value is -2.44. The lowest BCUT2D eigenvalue weighted by atomic mass is 10.3. The molecule has 1 aliphatic rings. The number of nitrogens with two attached hydrogens (primary N) is 1. The summed E-state index contributed by atoms with van der Waals surface area (Å²) in [6.45, 7) is 3.60. The van der Waals surface area contributed by atoms with Crippen LogP contribution in [0.4, 0.5) is 5.82 Å². The van der Waals surface area contributed by atoms with Gasteiger partial charge in [0.05, 0.1) is 17.8 Å². The summed E-state index contributed by atoms with van der Waals surface area (Å²) in [6.07, 6.45) is 5.95. The molecule has 0 spiro atoms. The Morgan fingerprint density at radius 2 is 2.35 bits per heavy atom. The molecule has 2 aromatic heterocycles. The average molecular weight is 272 g/mol. The molecule has 1 atom stereocenters. The highest BCUT2D eigenvalue weighted by molar-refractivity contribution is 5.92. The second-order valence-corrected chi connectivity index (χ2v) is 4.92. The van der Waals surface area contributed by atoms with Gasteiger partial charge in [0, 0.05) is 25.5 Å². The SMILES string of the molecule is Cc1nccc(N2CCC(n3cc(C(N)=O)cn3)C2)n1. The maximum absolute atomic E-state index is 11.1. The van der Waals surface area contributed by atoms with E-state index in [2.05, 4.69) is 20.0 Å². The van der Waals surface area contributed by atoms with Gasteiger partial charge in [-0.25, -0.2) is 9.97 Å². The van der Waals surface area contributed by atoms with Crippen LogP contribution >= 0.6 is 0 Å². The van der Waals surface area contributed by atoms with Crippen LogP contribution in [0.3, 0.4) is 0 Å². The molecule has 1 fully saturated rings. The first-order valence-corrected chi connectivity index (χ1v) is 6.52. The summed E-state index contributed by atoms with van der Waals surface area (Å²) in [5.74, 6) is 1.25. The topological polar surface area (TPSA) is 89.9 Å². The fourth-order valence-electron chi connectivity index (χ4n) is 2.45. The van der Waals surface area contributed by atoms with Crippen molar-refractivity contribution in [1.29, 1.82) is 0 Å². The number of primary amides is 1. The molecule has 104 valence electrons. The Labute approximate surface area is 116 Å². The van der Waals surface area contributed by atoms with Crippen molar-refractivity contribution in [3.05, 3.63) is 36.0 Å². The Balaban J connectivity index is 1.74. The third-order valence-corrected chi connectivity index (χ3v) is 3.51. The number of rotatable bonds is 3. The zero-order chi connectivity index (χ0) is 14.1. The summed E-state index contributed by atoms with van der Waals surface area (Å²) in [6, 6.07) is 2.14. The number of amides is 1. The molecule has 2 aromatic rings. The first-order valence-electron chi connectivity index (χ1n) is 6.52. The summed E-state index contributed by atoms with van der Waals surface area (Å²) >= 11 is 0. The predicted octanol–water partition coefficient (Wildman–Crippen LogP) is 0.532. The first-order chi connectivity index (χ1) is 9.63. The molecular formula is C13H16N6O. The Bertz CT molecular complexity index is 637. The van der Waals surface area contributed by atoms with E-state index in [1.807, 2.05) is 17.7 Å². The number of anilines is 1. The molecule has 0 saturated carbocycles. The molecular weight excluding hydrogens is 256 g/mol. The lowest BCUT2D eigenvalue weighted by Gasteiger charge is -2.17. The largest absolute Gasteiger partial charge is 0.366 e. The molecule has 3 heterocycles. The molecule has 2 N–H and O–H groups in total. The second-order valence-electron chi connectivity index (χ2n) is 4.92. The quantitative estimate of drug-likeness (QED) is 0.880. The van der Waals surface area contributed by atoms with Gasteiger partial charge in [-0.05, 0) is 19.4 Å². The minimum atomic E-state index is -0.447. The molecule has 20 heavy (non-hydrogen) atoms. The molecule has 0 aliphatic carbocycles. The lowest BCUT2D eigenvalue weighted by molar-refractivity contribution is 0.1000. The molecule has 1 unspecified atom stereocenters. The highest BCUT2D eigenvalue weighted by atomic mass is 16.1. The van der Waals surface area contributed by atoms with E-state index in [9.17, 15) is 4.79 Å². The normalized spacial score (nSPS) is 18.4. The summed E-state index contributed by atoms with van der Waals surface area (Å²) in [5, 5.41) is 4.22. The van der Waals surface area contributed by atoms with E-state index in [0.29, 0.717) is 5.56 Å². The van der Waals surface area contributed by atoms with Crippen molar-refractivity contribution in [2.45, 2.75) is 19.4 Å². The second kappa shape index (κ2) is 4.92. The van der Waals surface area contributed by atoms with Crippen LogP contribution in [0.5, 0.6) is 0 Å². The maximum Gasteiger partial charge on any atom is 0.251 e. The van der Waals surface area contributed by atoms with Gasteiger partial charge in [0.15, 0.2) is 0 Å². The van der Waals surface area contributed by atoms with Gasteiger partial charge in [0.1, 0.15) is 11.6 Å². The van der Waals surface area contributed by atoms with Crippen LogP contribution in [0.15, 0.2) is 24.7 Å². The van der Waals surface area contributed by atoms with Gasteiger partial charge < -0.3 is 10.6 Å². The third kappa shape index (κ3) is 2.34. The number of aryl methyl sites for hydroxylation is 1. The number of carbonyl (C=O) groups excluding carboxylic acids is 1. The van der Waals surface area contributed by atoms with E-state index in [1.165, 1.54) is 6.20 Å². The molecule has 0 radical (unpaired) electrons. The number of hydrogen-bond donors (Lipinski definition) is 1. The zero-order valence-corrected chi connectivity index (χ0v) is 11.2. The number of carbonyl (C=O) groups is 1. The van der Waals surface area contributed by atoms with Gasteiger partial charge in [-0.1, -0.05) is 0 Å². The van der Waals surface area contributed by atoms with Gasteiger partial charge in [-0.3, -0.25) is 9.48 Å². The van der Waals surface area contributed by atoms with Crippen LogP contribution < -0.4 is 10.6 Å². The highest BCUT2D eigenvalue weighted by Gasteiger charge is 2.25. The first kappa shape index (κ1) is 12.6. The van der Waals surface area contributed by atoms with Crippen LogP contribution in [0, 0.1) is 6.92 Å². The molecule has 0 bridgehead atoms. The number of nitrogens with zero attached hydrogens (tertiary/aromatic N) is 5. The highest BCUT2D eigenvalue weighted by Crippen LogP contribution is 2.25. The number of hydrogen-bond acceptors (Lipinski definition) is 5. The van der Waals surface area contributed by atoms with Crippen molar-refractivity contribution in [3.8, 4) is 0 Å². The fraction of sp³-hybridized carbons (Fsp3) is 0.385. The van der Waals surface area contributed by atoms with E-state index < -0.39 is 5.91 Å². The van der Waals surface area contributed by atoms with Gasteiger partial charge in [0.25, 0.3) is 5.91 Å². The van der Waals surface area contributed by atoms with Gasteiger partial charge in [-0.15, -0.1) is 0 Å². The molecule has 1 aliphatic heterocycles. The zero-order valence-electron chi connectivity index (χ0n) is 11.2.